The zero-order chi connectivity index (χ0) is 18.8. The van der Waals surface area contributed by atoms with Crippen molar-refractivity contribution in [2.24, 2.45) is 0 Å². The number of rotatable bonds is 5. The third-order valence-electron chi connectivity index (χ3n) is 4.61. The van der Waals surface area contributed by atoms with Crippen molar-refractivity contribution in [1.29, 1.82) is 0 Å². The molecule has 0 unspecified atom stereocenters. The Morgan fingerprint density at radius 2 is 1.81 bits per heavy atom. The summed E-state index contributed by atoms with van der Waals surface area (Å²) in [5.74, 6) is 2.48. The predicted molar refractivity (Wildman–Crippen MR) is 112 cm³/mol. The maximum absolute atomic E-state index is 5.34. The van der Waals surface area contributed by atoms with E-state index in [1.165, 1.54) is 16.0 Å². The fraction of sp³-hybridized carbons (Fsp3) is 0.182. The summed E-state index contributed by atoms with van der Waals surface area (Å²) in [4.78, 5) is 12.0. The summed E-state index contributed by atoms with van der Waals surface area (Å²) in [7, 11) is 1.67. The molecule has 136 valence electrons. The average molecular weight is 375 g/mol. The van der Waals surface area contributed by atoms with Crippen molar-refractivity contribution in [3.8, 4) is 5.75 Å². The van der Waals surface area contributed by atoms with Crippen molar-refractivity contribution in [1.82, 2.24) is 9.97 Å². The second-order valence-corrected chi connectivity index (χ2v) is 7.67. The standard InChI is InChI=1S/C22H21N3OS/c1-14-15(2)27-22-20(14)21(23-17-10-7-11-18(13-17)26-3)24-19(25-22)12-16-8-5-4-6-9-16/h4-11,13H,12H2,1-3H3,(H,23,24,25). The highest BCUT2D eigenvalue weighted by Crippen LogP contribution is 2.35. The van der Waals surface area contributed by atoms with E-state index in [0.29, 0.717) is 6.42 Å². The molecular weight excluding hydrogens is 354 g/mol. The molecule has 0 spiro atoms. The van der Waals surface area contributed by atoms with Gasteiger partial charge in [-0.05, 0) is 37.1 Å². The molecule has 2 aromatic carbocycles. The first-order valence-electron chi connectivity index (χ1n) is 8.85. The number of aromatic nitrogens is 2. The fourth-order valence-corrected chi connectivity index (χ4v) is 4.13. The van der Waals surface area contributed by atoms with Crippen molar-refractivity contribution in [2.75, 3.05) is 12.4 Å². The van der Waals surface area contributed by atoms with Crippen molar-refractivity contribution in [3.05, 3.63) is 76.4 Å². The van der Waals surface area contributed by atoms with Crippen LogP contribution in [-0.4, -0.2) is 17.1 Å². The molecule has 5 heteroatoms. The molecule has 0 fully saturated rings. The monoisotopic (exact) mass is 375 g/mol. The van der Waals surface area contributed by atoms with Gasteiger partial charge in [0, 0.05) is 23.1 Å². The molecule has 27 heavy (non-hydrogen) atoms. The van der Waals surface area contributed by atoms with Crippen molar-refractivity contribution < 1.29 is 4.74 Å². The molecule has 4 rings (SSSR count). The van der Waals surface area contributed by atoms with E-state index in [4.69, 9.17) is 14.7 Å². The summed E-state index contributed by atoms with van der Waals surface area (Å²) in [6, 6.07) is 18.2. The van der Waals surface area contributed by atoms with Crippen molar-refractivity contribution >= 4 is 33.1 Å². The van der Waals surface area contributed by atoms with E-state index < -0.39 is 0 Å². The van der Waals surface area contributed by atoms with Crippen LogP contribution in [0.25, 0.3) is 10.2 Å². The maximum Gasteiger partial charge on any atom is 0.143 e. The lowest BCUT2D eigenvalue weighted by atomic mass is 10.1. The Kier molecular flexibility index (Phi) is 4.77. The quantitative estimate of drug-likeness (QED) is 0.489. The largest absolute Gasteiger partial charge is 0.497 e. The van der Waals surface area contributed by atoms with Gasteiger partial charge in [-0.1, -0.05) is 36.4 Å². The summed E-state index contributed by atoms with van der Waals surface area (Å²) in [5.41, 5.74) is 3.38. The van der Waals surface area contributed by atoms with Crippen LogP contribution in [0.2, 0.25) is 0 Å². The highest BCUT2D eigenvalue weighted by Gasteiger charge is 2.15. The molecule has 0 radical (unpaired) electrons. The van der Waals surface area contributed by atoms with E-state index >= 15 is 0 Å². The molecule has 0 aliphatic rings. The number of nitrogens with zero attached hydrogens (tertiary/aromatic N) is 2. The molecule has 0 bridgehead atoms. The molecule has 4 aromatic rings. The van der Waals surface area contributed by atoms with E-state index in [0.717, 1.165) is 33.3 Å². The third-order valence-corrected chi connectivity index (χ3v) is 5.71. The van der Waals surface area contributed by atoms with Crippen LogP contribution in [0.15, 0.2) is 54.6 Å². The molecule has 0 amide bonds. The summed E-state index contributed by atoms with van der Waals surface area (Å²) < 4.78 is 5.34. The van der Waals surface area contributed by atoms with Gasteiger partial charge in [-0.15, -0.1) is 11.3 Å². The van der Waals surface area contributed by atoms with Gasteiger partial charge in [-0.3, -0.25) is 0 Å². The van der Waals surface area contributed by atoms with Crippen LogP contribution in [0.1, 0.15) is 21.8 Å². The van der Waals surface area contributed by atoms with Crippen LogP contribution >= 0.6 is 11.3 Å². The molecule has 0 aliphatic heterocycles. The molecule has 0 saturated carbocycles. The van der Waals surface area contributed by atoms with E-state index in [-0.39, 0.29) is 0 Å². The SMILES string of the molecule is COc1cccc(Nc2nc(Cc3ccccc3)nc3sc(C)c(C)c23)c1. The smallest absolute Gasteiger partial charge is 0.143 e. The number of methoxy groups -OCH3 is 1. The summed E-state index contributed by atoms with van der Waals surface area (Å²) >= 11 is 1.72. The zero-order valence-electron chi connectivity index (χ0n) is 15.6. The number of nitrogens with one attached hydrogen (secondary N) is 1. The molecule has 4 nitrogen and oxygen atoms in total. The lowest BCUT2D eigenvalue weighted by Crippen LogP contribution is -2.02. The first kappa shape index (κ1) is 17.5. The van der Waals surface area contributed by atoms with Gasteiger partial charge in [0.1, 0.15) is 22.2 Å². The molecule has 2 heterocycles. The Morgan fingerprint density at radius 1 is 1.00 bits per heavy atom. The zero-order valence-corrected chi connectivity index (χ0v) is 16.4. The number of anilines is 2. The van der Waals surface area contributed by atoms with Crippen LogP contribution in [-0.2, 0) is 6.42 Å². The van der Waals surface area contributed by atoms with Gasteiger partial charge in [-0.2, -0.15) is 0 Å². The van der Waals surface area contributed by atoms with Gasteiger partial charge in [0.15, 0.2) is 0 Å². The number of aryl methyl sites for hydroxylation is 2. The van der Waals surface area contributed by atoms with Crippen LogP contribution in [0.3, 0.4) is 0 Å². The lowest BCUT2D eigenvalue weighted by molar-refractivity contribution is 0.415. The van der Waals surface area contributed by atoms with Gasteiger partial charge < -0.3 is 10.1 Å². The number of hydrogen-bond acceptors (Lipinski definition) is 5. The average Bonchev–Trinajstić information content (AvgIpc) is 2.97. The first-order chi connectivity index (χ1) is 13.1. The van der Waals surface area contributed by atoms with E-state index in [9.17, 15) is 0 Å². The minimum Gasteiger partial charge on any atom is -0.497 e. The third kappa shape index (κ3) is 3.64. The maximum atomic E-state index is 5.34. The van der Waals surface area contributed by atoms with Crippen molar-refractivity contribution in [2.45, 2.75) is 20.3 Å². The van der Waals surface area contributed by atoms with Crippen LogP contribution in [0.4, 0.5) is 11.5 Å². The van der Waals surface area contributed by atoms with Crippen molar-refractivity contribution in [3.63, 3.8) is 0 Å². The highest BCUT2D eigenvalue weighted by molar-refractivity contribution is 7.18. The highest BCUT2D eigenvalue weighted by atomic mass is 32.1. The number of fused-ring (bicyclic) bond motifs is 1. The summed E-state index contributed by atoms with van der Waals surface area (Å²) in [6.45, 7) is 4.26. The number of thiophene rings is 1. The van der Waals surface area contributed by atoms with Crippen LogP contribution in [0, 0.1) is 13.8 Å². The number of benzene rings is 2. The lowest BCUT2D eigenvalue weighted by Gasteiger charge is -2.11. The van der Waals surface area contributed by atoms with Gasteiger partial charge in [0.25, 0.3) is 0 Å². The second kappa shape index (κ2) is 7.37. The summed E-state index contributed by atoms with van der Waals surface area (Å²) in [5, 5.41) is 4.57. The van der Waals surface area contributed by atoms with Crippen LogP contribution < -0.4 is 10.1 Å². The van der Waals surface area contributed by atoms with Gasteiger partial charge >= 0.3 is 0 Å². The molecule has 0 aliphatic carbocycles. The topological polar surface area (TPSA) is 47.0 Å². The molecule has 1 N–H and O–H groups in total. The molecule has 0 saturated heterocycles. The Labute approximate surface area is 162 Å². The molecular formula is C22H21N3OS. The first-order valence-corrected chi connectivity index (χ1v) is 9.67. The fourth-order valence-electron chi connectivity index (χ4n) is 3.08. The summed E-state index contributed by atoms with van der Waals surface area (Å²) in [6.07, 6.45) is 0.708. The Morgan fingerprint density at radius 3 is 2.59 bits per heavy atom. The number of hydrogen-bond donors (Lipinski definition) is 1. The predicted octanol–water partition coefficient (Wildman–Crippen LogP) is 5.65. The number of ether oxygens (including phenoxy) is 1. The molecule has 0 atom stereocenters. The minimum absolute atomic E-state index is 0.708. The Balaban J connectivity index is 1.78. The Hall–Kier alpha value is -2.92. The second-order valence-electron chi connectivity index (χ2n) is 6.47. The van der Waals surface area contributed by atoms with E-state index in [1.807, 2.05) is 42.5 Å². The van der Waals surface area contributed by atoms with Crippen LogP contribution in [0.5, 0.6) is 5.75 Å². The Bertz CT molecular complexity index is 1090. The normalized spacial score (nSPS) is 10.9. The minimum atomic E-state index is 0.708. The van der Waals surface area contributed by atoms with E-state index in [2.05, 4.69) is 31.3 Å². The van der Waals surface area contributed by atoms with Gasteiger partial charge in [-0.25, -0.2) is 9.97 Å². The van der Waals surface area contributed by atoms with E-state index in [1.54, 1.807) is 18.4 Å². The molecule has 2 aromatic heterocycles. The van der Waals surface area contributed by atoms with Gasteiger partial charge in [0.05, 0.1) is 12.5 Å². The van der Waals surface area contributed by atoms with Gasteiger partial charge in [0.2, 0.25) is 0 Å².